The van der Waals surface area contributed by atoms with Crippen LogP contribution in [0.2, 0.25) is 0 Å². The van der Waals surface area contributed by atoms with E-state index in [0.29, 0.717) is 5.58 Å². The van der Waals surface area contributed by atoms with Crippen molar-refractivity contribution in [3.8, 4) is 0 Å². The summed E-state index contributed by atoms with van der Waals surface area (Å²) in [5.41, 5.74) is 1.43. The Labute approximate surface area is 136 Å². The molecule has 0 bridgehead atoms. The number of fused-ring (bicyclic) bond motifs is 1. The maximum Gasteiger partial charge on any atom is 0.169 e. The molecule has 0 spiro atoms. The van der Waals surface area contributed by atoms with Crippen LogP contribution >= 0.6 is 22.6 Å². The van der Waals surface area contributed by atoms with Gasteiger partial charge in [-0.05, 0) is 59.0 Å². The third kappa shape index (κ3) is 2.96. The Kier molecular flexibility index (Phi) is 4.26. The standard InChI is InChI=1S/C17H15FINO/c1-2-20-16(11-5-3-7-13(19)9-11)15-10-12-6-4-8-14(18)17(12)21-15/h3-10,16,20H,2H2,1H3. The van der Waals surface area contributed by atoms with Gasteiger partial charge in [-0.1, -0.05) is 31.2 Å². The molecule has 1 N–H and O–H groups in total. The van der Waals surface area contributed by atoms with E-state index < -0.39 is 0 Å². The van der Waals surface area contributed by atoms with Crippen molar-refractivity contribution in [2.45, 2.75) is 13.0 Å². The zero-order valence-electron chi connectivity index (χ0n) is 11.6. The molecule has 0 radical (unpaired) electrons. The van der Waals surface area contributed by atoms with Gasteiger partial charge in [0.15, 0.2) is 11.4 Å². The molecule has 108 valence electrons. The summed E-state index contributed by atoms with van der Waals surface area (Å²) < 4.78 is 20.7. The van der Waals surface area contributed by atoms with Gasteiger partial charge in [0.25, 0.3) is 0 Å². The van der Waals surface area contributed by atoms with Gasteiger partial charge in [-0.15, -0.1) is 0 Å². The summed E-state index contributed by atoms with van der Waals surface area (Å²) in [5.74, 6) is 0.413. The molecule has 1 unspecified atom stereocenters. The van der Waals surface area contributed by atoms with Crippen molar-refractivity contribution >= 4 is 33.6 Å². The Hall–Kier alpha value is -1.40. The number of furan rings is 1. The van der Waals surface area contributed by atoms with E-state index in [1.807, 2.05) is 31.2 Å². The zero-order chi connectivity index (χ0) is 14.8. The van der Waals surface area contributed by atoms with Crippen molar-refractivity contribution in [2.75, 3.05) is 6.54 Å². The minimum atomic E-state index is -0.323. The molecule has 0 amide bonds. The normalized spacial score (nSPS) is 12.7. The topological polar surface area (TPSA) is 25.2 Å². The van der Waals surface area contributed by atoms with Crippen LogP contribution in [0.1, 0.15) is 24.3 Å². The second kappa shape index (κ2) is 6.15. The number of rotatable bonds is 4. The molecule has 2 aromatic carbocycles. The number of benzene rings is 2. The Bertz CT molecular complexity index is 768. The van der Waals surface area contributed by atoms with Gasteiger partial charge >= 0.3 is 0 Å². The number of para-hydroxylation sites is 1. The van der Waals surface area contributed by atoms with Gasteiger partial charge in [-0.3, -0.25) is 0 Å². The van der Waals surface area contributed by atoms with Crippen LogP contribution in [-0.4, -0.2) is 6.54 Å². The first-order valence-electron chi connectivity index (χ1n) is 6.86. The van der Waals surface area contributed by atoms with Crippen molar-refractivity contribution in [2.24, 2.45) is 0 Å². The summed E-state index contributed by atoms with van der Waals surface area (Å²) >= 11 is 2.29. The van der Waals surface area contributed by atoms with Crippen LogP contribution in [-0.2, 0) is 0 Å². The Morgan fingerprint density at radius 1 is 1.19 bits per heavy atom. The molecule has 0 saturated heterocycles. The minimum absolute atomic E-state index is 0.0727. The quantitative estimate of drug-likeness (QED) is 0.638. The molecule has 2 nitrogen and oxygen atoms in total. The van der Waals surface area contributed by atoms with E-state index in [1.165, 1.54) is 6.07 Å². The van der Waals surface area contributed by atoms with Crippen LogP contribution in [0.15, 0.2) is 52.9 Å². The molecule has 3 rings (SSSR count). The van der Waals surface area contributed by atoms with Crippen LogP contribution in [0, 0.1) is 9.39 Å². The van der Waals surface area contributed by atoms with E-state index in [4.69, 9.17) is 4.42 Å². The summed E-state index contributed by atoms with van der Waals surface area (Å²) in [5, 5.41) is 4.19. The fraction of sp³-hybridized carbons (Fsp3) is 0.176. The first-order valence-corrected chi connectivity index (χ1v) is 7.93. The average molecular weight is 395 g/mol. The van der Waals surface area contributed by atoms with Crippen molar-refractivity contribution in [1.82, 2.24) is 5.32 Å². The van der Waals surface area contributed by atoms with E-state index in [2.05, 4.69) is 40.0 Å². The molecular formula is C17H15FINO. The summed E-state index contributed by atoms with van der Waals surface area (Å²) in [6.07, 6.45) is 0. The van der Waals surface area contributed by atoms with Gasteiger partial charge in [-0.2, -0.15) is 0 Å². The lowest BCUT2D eigenvalue weighted by Crippen LogP contribution is -2.21. The van der Waals surface area contributed by atoms with Crippen LogP contribution in [0.4, 0.5) is 4.39 Å². The first-order chi connectivity index (χ1) is 10.2. The third-order valence-corrected chi connectivity index (χ3v) is 4.06. The Balaban J connectivity index is 2.09. The fourth-order valence-corrected chi connectivity index (χ4v) is 3.03. The van der Waals surface area contributed by atoms with Crippen molar-refractivity contribution < 1.29 is 8.81 Å². The molecule has 0 aliphatic rings. The van der Waals surface area contributed by atoms with E-state index in [0.717, 1.165) is 26.8 Å². The predicted octanol–water partition coefficient (Wildman–Crippen LogP) is 4.88. The van der Waals surface area contributed by atoms with E-state index >= 15 is 0 Å². The molecule has 3 aromatic rings. The fourth-order valence-electron chi connectivity index (χ4n) is 2.46. The monoisotopic (exact) mass is 395 g/mol. The van der Waals surface area contributed by atoms with Crippen LogP contribution in [0.5, 0.6) is 0 Å². The highest BCUT2D eigenvalue weighted by Crippen LogP contribution is 2.30. The van der Waals surface area contributed by atoms with Gasteiger partial charge in [0.2, 0.25) is 0 Å². The number of halogens is 2. The second-order valence-electron chi connectivity index (χ2n) is 4.85. The lowest BCUT2D eigenvalue weighted by molar-refractivity contribution is 0.465. The van der Waals surface area contributed by atoms with E-state index in [9.17, 15) is 4.39 Å². The summed E-state index contributed by atoms with van der Waals surface area (Å²) in [6, 6.07) is 15.0. The summed E-state index contributed by atoms with van der Waals surface area (Å²) in [4.78, 5) is 0. The Morgan fingerprint density at radius 3 is 2.71 bits per heavy atom. The van der Waals surface area contributed by atoms with Crippen LogP contribution in [0.25, 0.3) is 11.0 Å². The smallest absolute Gasteiger partial charge is 0.169 e. The minimum Gasteiger partial charge on any atom is -0.456 e. The van der Waals surface area contributed by atoms with Crippen molar-refractivity contribution in [3.63, 3.8) is 0 Å². The highest BCUT2D eigenvalue weighted by atomic mass is 127. The van der Waals surface area contributed by atoms with Gasteiger partial charge < -0.3 is 9.73 Å². The molecule has 1 atom stereocenters. The SMILES string of the molecule is CCNC(c1cccc(I)c1)c1cc2cccc(F)c2o1. The molecule has 0 aliphatic carbocycles. The van der Waals surface area contributed by atoms with Crippen LogP contribution in [0.3, 0.4) is 0 Å². The zero-order valence-corrected chi connectivity index (χ0v) is 13.7. The second-order valence-corrected chi connectivity index (χ2v) is 6.10. The average Bonchev–Trinajstić information content (AvgIpc) is 2.90. The van der Waals surface area contributed by atoms with Gasteiger partial charge in [0.1, 0.15) is 5.76 Å². The molecule has 0 aliphatic heterocycles. The highest BCUT2D eigenvalue weighted by Gasteiger charge is 2.19. The van der Waals surface area contributed by atoms with Crippen molar-refractivity contribution in [3.05, 3.63) is 69.2 Å². The van der Waals surface area contributed by atoms with Gasteiger partial charge in [0, 0.05) is 8.96 Å². The molecular weight excluding hydrogens is 380 g/mol. The molecule has 1 aromatic heterocycles. The maximum absolute atomic E-state index is 13.8. The molecule has 4 heteroatoms. The van der Waals surface area contributed by atoms with Crippen molar-refractivity contribution in [1.29, 1.82) is 0 Å². The molecule has 21 heavy (non-hydrogen) atoms. The first kappa shape index (κ1) is 14.5. The molecule has 0 saturated carbocycles. The lowest BCUT2D eigenvalue weighted by Gasteiger charge is -2.16. The number of nitrogens with one attached hydrogen (secondary N) is 1. The Morgan fingerprint density at radius 2 is 2.00 bits per heavy atom. The predicted molar refractivity (Wildman–Crippen MR) is 90.9 cm³/mol. The molecule has 0 fully saturated rings. The lowest BCUT2D eigenvalue weighted by atomic mass is 10.0. The largest absolute Gasteiger partial charge is 0.456 e. The van der Waals surface area contributed by atoms with Gasteiger partial charge in [-0.25, -0.2) is 4.39 Å². The highest BCUT2D eigenvalue weighted by molar-refractivity contribution is 14.1. The number of hydrogen-bond donors (Lipinski definition) is 1. The summed E-state index contributed by atoms with van der Waals surface area (Å²) in [7, 11) is 0. The molecule has 1 heterocycles. The maximum atomic E-state index is 13.8. The van der Waals surface area contributed by atoms with Gasteiger partial charge in [0.05, 0.1) is 6.04 Å². The van der Waals surface area contributed by atoms with Crippen LogP contribution < -0.4 is 5.32 Å². The van der Waals surface area contributed by atoms with E-state index in [1.54, 1.807) is 6.07 Å². The van der Waals surface area contributed by atoms with E-state index in [-0.39, 0.29) is 11.9 Å². The number of hydrogen-bond acceptors (Lipinski definition) is 2. The summed E-state index contributed by atoms with van der Waals surface area (Å²) in [6.45, 7) is 2.85. The third-order valence-electron chi connectivity index (χ3n) is 3.39.